The molecule has 1 amide bonds. The molecule has 0 heterocycles. The highest BCUT2D eigenvalue weighted by molar-refractivity contribution is 5.98. The molecule has 6 nitrogen and oxygen atoms in total. The number of esters is 1. The molecule has 0 aliphatic heterocycles. The van der Waals surface area contributed by atoms with Crippen molar-refractivity contribution in [1.82, 2.24) is 0 Å². The summed E-state index contributed by atoms with van der Waals surface area (Å²) in [6.45, 7) is 2.95. The third kappa shape index (κ3) is 6.11. The van der Waals surface area contributed by atoms with Gasteiger partial charge in [0.05, 0.1) is 7.11 Å². The van der Waals surface area contributed by atoms with Gasteiger partial charge in [0.15, 0.2) is 11.9 Å². The second-order valence-corrected chi connectivity index (χ2v) is 5.81. The van der Waals surface area contributed by atoms with Gasteiger partial charge in [-0.15, -0.1) is 0 Å². The van der Waals surface area contributed by atoms with E-state index in [-0.39, 0.29) is 5.78 Å². The van der Waals surface area contributed by atoms with Gasteiger partial charge in [0.2, 0.25) is 0 Å². The average molecular weight is 367 g/mol. The zero-order valence-corrected chi connectivity index (χ0v) is 15.4. The number of rotatable bonds is 7. The minimum atomic E-state index is -0.967. The summed E-state index contributed by atoms with van der Waals surface area (Å²) in [7, 11) is 1.58. The highest BCUT2D eigenvalue weighted by Crippen LogP contribution is 2.13. The number of carbonyl (C=O) groups excluding carboxylic acids is 3. The number of hydrogen-bond donors (Lipinski definition) is 1. The van der Waals surface area contributed by atoms with Crippen LogP contribution in [0.1, 0.15) is 29.8 Å². The summed E-state index contributed by atoms with van der Waals surface area (Å²) in [6, 6.07) is 13.6. The Bertz CT molecular complexity index is 838. The number of nitrogens with one attached hydrogen (secondary N) is 1. The number of methoxy groups -OCH3 is 1. The number of Topliss-reactive ketones (excluding diaryl/α,β-unsaturated/α-hetero) is 1. The third-order valence-corrected chi connectivity index (χ3v) is 3.75. The quantitative estimate of drug-likeness (QED) is 0.460. The van der Waals surface area contributed by atoms with Gasteiger partial charge in [0.25, 0.3) is 5.91 Å². The van der Waals surface area contributed by atoms with Crippen LogP contribution in [-0.2, 0) is 14.3 Å². The maximum absolute atomic E-state index is 12.1. The monoisotopic (exact) mass is 367 g/mol. The molecule has 0 aliphatic carbocycles. The predicted molar refractivity (Wildman–Crippen MR) is 103 cm³/mol. The summed E-state index contributed by atoms with van der Waals surface area (Å²) in [5.41, 5.74) is 1.87. The maximum Gasteiger partial charge on any atom is 0.331 e. The molecule has 0 bridgehead atoms. The molecule has 0 radical (unpaired) electrons. The number of anilines is 1. The minimum absolute atomic E-state index is 0.0566. The van der Waals surface area contributed by atoms with Gasteiger partial charge in [-0.3, -0.25) is 9.59 Å². The van der Waals surface area contributed by atoms with Gasteiger partial charge in [-0.25, -0.2) is 4.79 Å². The lowest BCUT2D eigenvalue weighted by Crippen LogP contribution is -2.29. The lowest BCUT2D eigenvalue weighted by atomic mass is 10.1. The molecule has 0 aliphatic rings. The van der Waals surface area contributed by atoms with Gasteiger partial charge < -0.3 is 14.8 Å². The van der Waals surface area contributed by atoms with Crippen LogP contribution in [0.15, 0.2) is 54.6 Å². The second-order valence-electron chi connectivity index (χ2n) is 5.81. The molecule has 140 valence electrons. The normalized spacial score (nSPS) is 11.7. The molecule has 0 unspecified atom stereocenters. The van der Waals surface area contributed by atoms with Crippen molar-refractivity contribution in [1.29, 1.82) is 0 Å². The van der Waals surface area contributed by atoms with E-state index in [1.54, 1.807) is 61.7 Å². The second kappa shape index (κ2) is 9.33. The Kier molecular flexibility index (Phi) is 6.88. The summed E-state index contributed by atoms with van der Waals surface area (Å²) in [6.07, 6.45) is 1.88. The summed E-state index contributed by atoms with van der Waals surface area (Å²) < 4.78 is 10.2. The Hall–Kier alpha value is -3.41. The van der Waals surface area contributed by atoms with E-state index in [9.17, 15) is 14.4 Å². The van der Waals surface area contributed by atoms with E-state index in [2.05, 4.69) is 5.32 Å². The smallest absolute Gasteiger partial charge is 0.331 e. The SMILES string of the molecule is COc1ccc(/C=C/C(=O)O[C@H](C)C(=O)Nc2ccc(C(C)=O)cc2)cc1. The average Bonchev–Trinajstić information content (AvgIpc) is 2.67. The van der Waals surface area contributed by atoms with Gasteiger partial charge in [0, 0.05) is 17.3 Å². The fraction of sp³-hybridized carbons (Fsp3) is 0.190. The van der Waals surface area contributed by atoms with E-state index in [4.69, 9.17) is 9.47 Å². The van der Waals surface area contributed by atoms with Crippen LogP contribution in [-0.4, -0.2) is 30.9 Å². The van der Waals surface area contributed by atoms with Crippen molar-refractivity contribution in [2.75, 3.05) is 12.4 Å². The molecule has 1 N–H and O–H groups in total. The Balaban J connectivity index is 1.87. The van der Waals surface area contributed by atoms with Gasteiger partial charge in [0.1, 0.15) is 5.75 Å². The van der Waals surface area contributed by atoms with Crippen LogP contribution in [0.4, 0.5) is 5.69 Å². The number of ether oxygens (including phenoxy) is 2. The molecule has 2 aromatic rings. The zero-order chi connectivity index (χ0) is 19.8. The first kappa shape index (κ1) is 19.9. The van der Waals surface area contributed by atoms with E-state index in [0.29, 0.717) is 11.3 Å². The largest absolute Gasteiger partial charge is 0.497 e. The van der Waals surface area contributed by atoms with Crippen molar-refractivity contribution >= 4 is 29.4 Å². The topological polar surface area (TPSA) is 81.7 Å². The van der Waals surface area contributed by atoms with Crippen LogP contribution in [0.5, 0.6) is 5.75 Å². The number of hydrogen-bond acceptors (Lipinski definition) is 5. The zero-order valence-electron chi connectivity index (χ0n) is 15.4. The molecule has 0 saturated heterocycles. The number of benzene rings is 2. The summed E-state index contributed by atoms with van der Waals surface area (Å²) in [5.74, 6) is -0.424. The Morgan fingerprint density at radius 3 is 2.19 bits per heavy atom. The molecule has 1 atom stereocenters. The molecule has 0 fully saturated rings. The van der Waals surface area contributed by atoms with Gasteiger partial charge >= 0.3 is 5.97 Å². The lowest BCUT2D eigenvalue weighted by Gasteiger charge is -2.12. The molecule has 6 heteroatoms. The third-order valence-electron chi connectivity index (χ3n) is 3.75. The first-order chi connectivity index (χ1) is 12.9. The first-order valence-corrected chi connectivity index (χ1v) is 8.33. The van der Waals surface area contributed by atoms with Crippen LogP contribution in [0.3, 0.4) is 0 Å². The molecule has 27 heavy (non-hydrogen) atoms. The summed E-state index contributed by atoms with van der Waals surface area (Å²) >= 11 is 0. The van der Waals surface area contributed by atoms with Crippen molar-refractivity contribution < 1.29 is 23.9 Å². The standard InChI is InChI=1S/C21H21NO5/c1-14(23)17-7-9-18(10-8-17)22-21(25)15(2)27-20(24)13-6-16-4-11-19(26-3)12-5-16/h4-13,15H,1-3H3,(H,22,25)/b13-6+/t15-/m1/s1. The van der Waals surface area contributed by atoms with E-state index < -0.39 is 18.0 Å². The van der Waals surface area contributed by atoms with Gasteiger partial charge in [-0.1, -0.05) is 12.1 Å². The van der Waals surface area contributed by atoms with E-state index in [0.717, 1.165) is 11.3 Å². The molecule has 2 rings (SSSR count). The Morgan fingerprint density at radius 2 is 1.63 bits per heavy atom. The first-order valence-electron chi connectivity index (χ1n) is 8.33. The van der Waals surface area contributed by atoms with Crippen LogP contribution in [0.25, 0.3) is 6.08 Å². The van der Waals surface area contributed by atoms with Crippen LogP contribution in [0, 0.1) is 0 Å². The van der Waals surface area contributed by atoms with E-state index in [1.807, 2.05) is 0 Å². The van der Waals surface area contributed by atoms with Crippen molar-refractivity contribution in [3.63, 3.8) is 0 Å². The molecule has 0 spiro atoms. The number of ketones is 1. The predicted octanol–water partition coefficient (Wildman–Crippen LogP) is 3.48. The fourth-order valence-electron chi connectivity index (χ4n) is 2.18. The maximum atomic E-state index is 12.1. The molecule has 2 aromatic carbocycles. The van der Waals surface area contributed by atoms with E-state index in [1.165, 1.54) is 19.9 Å². The van der Waals surface area contributed by atoms with Crippen LogP contribution < -0.4 is 10.1 Å². The minimum Gasteiger partial charge on any atom is -0.497 e. The highest BCUT2D eigenvalue weighted by Gasteiger charge is 2.16. The van der Waals surface area contributed by atoms with Crippen LogP contribution in [0.2, 0.25) is 0 Å². The van der Waals surface area contributed by atoms with Crippen molar-refractivity contribution in [3.05, 3.63) is 65.7 Å². The fourth-order valence-corrected chi connectivity index (χ4v) is 2.18. The van der Waals surface area contributed by atoms with Gasteiger partial charge in [-0.05, 0) is 61.9 Å². The van der Waals surface area contributed by atoms with Crippen LogP contribution >= 0.6 is 0 Å². The molecular formula is C21H21NO5. The molecule has 0 aromatic heterocycles. The summed E-state index contributed by atoms with van der Waals surface area (Å²) in [4.78, 5) is 35.2. The van der Waals surface area contributed by atoms with Crippen molar-refractivity contribution in [2.45, 2.75) is 20.0 Å². The molecular weight excluding hydrogens is 346 g/mol. The molecule has 0 saturated carbocycles. The highest BCUT2D eigenvalue weighted by atomic mass is 16.5. The lowest BCUT2D eigenvalue weighted by molar-refractivity contribution is -0.148. The van der Waals surface area contributed by atoms with E-state index >= 15 is 0 Å². The number of amides is 1. The van der Waals surface area contributed by atoms with Crippen molar-refractivity contribution in [2.24, 2.45) is 0 Å². The Morgan fingerprint density at radius 1 is 1.00 bits per heavy atom. The van der Waals surface area contributed by atoms with Crippen molar-refractivity contribution in [3.8, 4) is 5.75 Å². The number of carbonyl (C=O) groups is 3. The van der Waals surface area contributed by atoms with Gasteiger partial charge in [-0.2, -0.15) is 0 Å². The summed E-state index contributed by atoms with van der Waals surface area (Å²) in [5, 5.41) is 2.63. The Labute approximate surface area is 157 Å².